The third-order valence-electron chi connectivity index (χ3n) is 1.80. The zero-order valence-electron chi connectivity index (χ0n) is 8.93. The fourth-order valence-electron chi connectivity index (χ4n) is 0.829. The third-order valence-corrected chi connectivity index (χ3v) is 1.80. The van der Waals surface area contributed by atoms with Gasteiger partial charge in [0, 0.05) is 5.92 Å². The molecular weight excluding hydrogens is 200 g/mol. The van der Waals surface area contributed by atoms with Crippen molar-refractivity contribution >= 4 is 5.97 Å². The molecule has 1 aromatic heterocycles. The van der Waals surface area contributed by atoms with Crippen molar-refractivity contribution < 1.29 is 19.2 Å². The molecule has 1 aromatic rings. The number of carbonyl (C=O) groups is 1. The lowest BCUT2D eigenvalue weighted by Gasteiger charge is -2.04. The van der Waals surface area contributed by atoms with Crippen molar-refractivity contribution in [1.82, 2.24) is 10.1 Å². The first-order chi connectivity index (χ1) is 7.00. The van der Waals surface area contributed by atoms with Gasteiger partial charge in [0.25, 0.3) is 5.89 Å². The minimum absolute atomic E-state index is 0.0210. The number of hydrogen-bond acceptors (Lipinski definition) is 5. The SMILES string of the molecule is CC(C)c1noc(CO[C@@H](C)C(=O)O)n1. The summed E-state index contributed by atoms with van der Waals surface area (Å²) in [5.74, 6) is 0.0568. The van der Waals surface area contributed by atoms with Gasteiger partial charge in [-0.15, -0.1) is 0 Å². The van der Waals surface area contributed by atoms with Crippen LogP contribution in [0.3, 0.4) is 0 Å². The molecule has 6 nitrogen and oxygen atoms in total. The molecule has 0 aliphatic heterocycles. The average molecular weight is 214 g/mol. The standard InChI is InChI=1S/C9H14N2O4/c1-5(2)8-10-7(15-11-8)4-14-6(3)9(12)13/h5-6H,4H2,1-3H3,(H,12,13)/t6-/m0/s1. The maximum absolute atomic E-state index is 10.4. The Morgan fingerprint density at radius 3 is 2.67 bits per heavy atom. The van der Waals surface area contributed by atoms with E-state index in [2.05, 4.69) is 10.1 Å². The molecule has 1 heterocycles. The van der Waals surface area contributed by atoms with Crippen molar-refractivity contribution in [3.05, 3.63) is 11.7 Å². The lowest BCUT2D eigenvalue weighted by atomic mass is 10.2. The maximum Gasteiger partial charge on any atom is 0.332 e. The molecule has 0 radical (unpaired) electrons. The van der Waals surface area contributed by atoms with Gasteiger partial charge in [0.05, 0.1) is 0 Å². The highest BCUT2D eigenvalue weighted by Crippen LogP contribution is 2.10. The summed E-state index contributed by atoms with van der Waals surface area (Å²) in [4.78, 5) is 14.5. The number of rotatable bonds is 5. The van der Waals surface area contributed by atoms with Crippen LogP contribution in [-0.2, 0) is 16.1 Å². The van der Waals surface area contributed by atoms with Crippen LogP contribution in [0.4, 0.5) is 0 Å². The maximum atomic E-state index is 10.4. The molecule has 0 aliphatic carbocycles. The molecule has 0 fully saturated rings. The molecule has 0 bridgehead atoms. The van der Waals surface area contributed by atoms with Gasteiger partial charge in [-0.3, -0.25) is 0 Å². The molecule has 0 saturated carbocycles. The Bertz CT molecular complexity index is 335. The Kier molecular flexibility index (Phi) is 3.79. The van der Waals surface area contributed by atoms with Crippen LogP contribution in [0.2, 0.25) is 0 Å². The molecule has 0 saturated heterocycles. The topological polar surface area (TPSA) is 85.5 Å². The van der Waals surface area contributed by atoms with Gasteiger partial charge in [0.2, 0.25) is 0 Å². The van der Waals surface area contributed by atoms with E-state index in [-0.39, 0.29) is 12.5 Å². The monoisotopic (exact) mass is 214 g/mol. The van der Waals surface area contributed by atoms with E-state index in [0.717, 1.165) is 0 Å². The summed E-state index contributed by atoms with van der Waals surface area (Å²) in [6.45, 7) is 5.35. The van der Waals surface area contributed by atoms with Crippen LogP contribution in [0, 0.1) is 0 Å². The molecule has 1 rings (SSSR count). The van der Waals surface area contributed by atoms with Gasteiger partial charge in [0.15, 0.2) is 11.9 Å². The normalized spacial score (nSPS) is 13.1. The minimum atomic E-state index is -1.02. The number of nitrogens with zero attached hydrogens (tertiary/aromatic N) is 2. The molecule has 0 aromatic carbocycles. The second-order valence-electron chi connectivity index (χ2n) is 3.49. The van der Waals surface area contributed by atoms with Crippen LogP contribution >= 0.6 is 0 Å². The zero-order valence-corrected chi connectivity index (χ0v) is 8.93. The summed E-state index contributed by atoms with van der Waals surface area (Å²) in [5, 5.41) is 12.3. The molecule has 0 aliphatic rings. The molecule has 0 amide bonds. The molecule has 1 atom stereocenters. The Hall–Kier alpha value is -1.43. The highest BCUT2D eigenvalue weighted by Gasteiger charge is 2.14. The van der Waals surface area contributed by atoms with Crippen LogP contribution in [0.15, 0.2) is 4.52 Å². The summed E-state index contributed by atoms with van der Waals surface area (Å²) in [6, 6.07) is 0. The van der Waals surface area contributed by atoms with Crippen molar-refractivity contribution in [3.8, 4) is 0 Å². The van der Waals surface area contributed by atoms with Gasteiger partial charge < -0.3 is 14.4 Å². The largest absolute Gasteiger partial charge is 0.479 e. The average Bonchev–Trinajstić information content (AvgIpc) is 2.62. The molecule has 0 spiro atoms. The van der Waals surface area contributed by atoms with Crippen molar-refractivity contribution in [3.63, 3.8) is 0 Å². The van der Waals surface area contributed by atoms with E-state index in [9.17, 15) is 4.79 Å². The zero-order chi connectivity index (χ0) is 11.4. The number of carboxylic acid groups (broad SMARTS) is 1. The molecule has 6 heteroatoms. The Balaban J connectivity index is 2.47. The first-order valence-corrected chi connectivity index (χ1v) is 4.67. The van der Waals surface area contributed by atoms with Crippen LogP contribution in [0.5, 0.6) is 0 Å². The molecular formula is C9H14N2O4. The van der Waals surface area contributed by atoms with E-state index >= 15 is 0 Å². The fraction of sp³-hybridized carbons (Fsp3) is 0.667. The molecule has 84 valence electrons. The number of aromatic nitrogens is 2. The fourth-order valence-corrected chi connectivity index (χ4v) is 0.829. The predicted octanol–water partition coefficient (Wildman–Crippen LogP) is 1.18. The quantitative estimate of drug-likeness (QED) is 0.792. The Morgan fingerprint density at radius 2 is 2.20 bits per heavy atom. The van der Waals surface area contributed by atoms with Crippen molar-refractivity contribution in [2.45, 2.75) is 39.4 Å². The van der Waals surface area contributed by atoms with Crippen molar-refractivity contribution in [1.29, 1.82) is 0 Å². The van der Waals surface area contributed by atoms with E-state index in [1.807, 2.05) is 13.8 Å². The van der Waals surface area contributed by atoms with E-state index in [1.54, 1.807) is 0 Å². The van der Waals surface area contributed by atoms with Gasteiger partial charge in [-0.05, 0) is 6.92 Å². The summed E-state index contributed by atoms with van der Waals surface area (Å²) in [5.41, 5.74) is 0. The summed E-state index contributed by atoms with van der Waals surface area (Å²) >= 11 is 0. The minimum Gasteiger partial charge on any atom is -0.479 e. The summed E-state index contributed by atoms with van der Waals surface area (Å²) in [7, 11) is 0. The van der Waals surface area contributed by atoms with E-state index < -0.39 is 12.1 Å². The summed E-state index contributed by atoms with van der Waals surface area (Å²) in [6.07, 6.45) is -0.876. The number of hydrogen-bond donors (Lipinski definition) is 1. The molecule has 0 unspecified atom stereocenters. The van der Waals surface area contributed by atoms with Crippen LogP contribution in [0.1, 0.15) is 38.4 Å². The van der Waals surface area contributed by atoms with Gasteiger partial charge in [0.1, 0.15) is 6.61 Å². The predicted molar refractivity (Wildman–Crippen MR) is 50.3 cm³/mol. The highest BCUT2D eigenvalue weighted by molar-refractivity contribution is 5.71. The number of ether oxygens (including phenoxy) is 1. The van der Waals surface area contributed by atoms with Gasteiger partial charge in [-0.25, -0.2) is 4.79 Å². The lowest BCUT2D eigenvalue weighted by Crippen LogP contribution is -2.19. The smallest absolute Gasteiger partial charge is 0.332 e. The van der Waals surface area contributed by atoms with E-state index in [0.29, 0.717) is 11.7 Å². The first kappa shape index (κ1) is 11.6. The Labute approximate surface area is 87.2 Å². The van der Waals surface area contributed by atoms with Gasteiger partial charge in [-0.2, -0.15) is 4.98 Å². The lowest BCUT2D eigenvalue weighted by molar-refractivity contribution is -0.150. The first-order valence-electron chi connectivity index (χ1n) is 4.67. The van der Waals surface area contributed by atoms with Gasteiger partial charge >= 0.3 is 5.97 Å². The third kappa shape index (κ3) is 3.32. The molecule has 15 heavy (non-hydrogen) atoms. The van der Waals surface area contributed by atoms with Gasteiger partial charge in [-0.1, -0.05) is 19.0 Å². The van der Waals surface area contributed by atoms with E-state index in [1.165, 1.54) is 6.92 Å². The number of carboxylic acids is 1. The highest BCUT2D eigenvalue weighted by atomic mass is 16.5. The summed E-state index contributed by atoms with van der Waals surface area (Å²) < 4.78 is 9.86. The van der Waals surface area contributed by atoms with Crippen molar-refractivity contribution in [2.75, 3.05) is 0 Å². The second-order valence-corrected chi connectivity index (χ2v) is 3.49. The van der Waals surface area contributed by atoms with Crippen molar-refractivity contribution in [2.24, 2.45) is 0 Å². The number of aliphatic carboxylic acids is 1. The van der Waals surface area contributed by atoms with Crippen LogP contribution in [0.25, 0.3) is 0 Å². The molecule has 1 N–H and O–H groups in total. The van der Waals surface area contributed by atoms with Crippen LogP contribution < -0.4 is 0 Å². The van der Waals surface area contributed by atoms with E-state index in [4.69, 9.17) is 14.4 Å². The van der Waals surface area contributed by atoms with Crippen LogP contribution in [-0.4, -0.2) is 27.3 Å². The Morgan fingerprint density at radius 1 is 1.53 bits per heavy atom. The second kappa shape index (κ2) is 4.88.